The maximum atomic E-state index is 11.2. The summed E-state index contributed by atoms with van der Waals surface area (Å²) < 4.78 is 42.9. The lowest BCUT2D eigenvalue weighted by Gasteiger charge is -2.20. The van der Waals surface area contributed by atoms with Crippen molar-refractivity contribution in [2.45, 2.75) is 180 Å². The van der Waals surface area contributed by atoms with Gasteiger partial charge in [0.1, 0.15) is 0 Å². The summed E-state index contributed by atoms with van der Waals surface area (Å²) in [5, 5.41) is 36.4. The van der Waals surface area contributed by atoms with Gasteiger partial charge in [-0.15, -0.1) is 0 Å². The molecule has 4 aromatic rings. The highest BCUT2D eigenvalue weighted by Crippen LogP contribution is 2.44. The molecule has 4 N–H and O–H groups in total. The lowest BCUT2D eigenvalue weighted by molar-refractivity contribution is -0.138. The maximum absolute atomic E-state index is 11.2. The van der Waals surface area contributed by atoms with Crippen LogP contribution in [0.4, 0.5) is 0 Å². The minimum Gasteiger partial charge on any atom is -0.493 e. The second-order valence-electron chi connectivity index (χ2n) is 19.5. The molecule has 0 aliphatic carbocycles. The zero-order chi connectivity index (χ0) is 58.5. The molecule has 1 aliphatic heterocycles. The lowest BCUT2D eigenvalue weighted by Crippen LogP contribution is -2.08. The number of carbonyl (C=O) groups is 4. The molecule has 0 saturated heterocycles. The van der Waals surface area contributed by atoms with E-state index in [-0.39, 0.29) is 56.1 Å². The number of unbranched alkanes of at least 4 members (excludes halogenated alkanes) is 8. The van der Waals surface area contributed by atoms with Crippen LogP contribution in [0.3, 0.4) is 0 Å². The second-order valence-corrected chi connectivity index (χ2v) is 19.5. The smallest absolute Gasteiger partial charge is 0.303 e. The molecule has 0 radical (unpaired) electrons. The van der Waals surface area contributed by atoms with Crippen LogP contribution in [0.25, 0.3) is 0 Å². The highest BCUT2D eigenvalue weighted by Gasteiger charge is 2.26. The quantitative estimate of drug-likeness (QED) is 0.0319. The lowest BCUT2D eigenvalue weighted by atomic mass is 9.89. The molecular weight excluding hydrogens is 1010 g/mol. The van der Waals surface area contributed by atoms with Crippen molar-refractivity contribution in [3.8, 4) is 46.0 Å². The molecule has 0 amide bonds. The van der Waals surface area contributed by atoms with Crippen LogP contribution in [0.1, 0.15) is 202 Å². The molecular formula is C63H92O16. The van der Waals surface area contributed by atoms with Crippen molar-refractivity contribution in [3.63, 3.8) is 0 Å². The van der Waals surface area contributed by atoms with Crippen molar-refractivity contribution in [1.29, 1.82) is 0 Å². The molecule has 16 heteroatoms. The van der Waals surface area contributed by atoms with E-state index < -0.39 is 23.9 Å². The Morgan fingerprint density at radius 3 is 1.03 bits per heavy atom. The van der Waals surface area contributed by atoms with E-state index in [0.717, 1.165) is 124 Å². The third kappa shape index (κ3) is 24.0. The summed E-state index contributed by atoms with van der Waals surface area (Å²) in [5.41, 5.74) is 3.73. The number of benzene rings is 4. The van der Waals surface area contributed by atoms with Crippen molar-refractivity contribution in [1.82, 2.24) is 0 Å². The van der Waals surface area contributed by atoms with E-state index in [1.807, 2.05) is 72.8 Å². The van der Waals surface area contributed by atoms with Gasteiger partial charge in [0.15, 0.2) is 46.0 Å². The number of fused-ring (bicyclic) bond motifs is 1. The first kappa shape index (κ1) is 68.3. The summed E-state index contributed by atoms with van der Waals surface area (Å²) in [6.07, 6.45) is 17.1. The van der Waals surface area contributed by atoms with Crippen LogP contribution in [0, 0.1) is 0 Å². The van der Waals surface area contributed by atoms with Crippen molar-refractivity contribution in [3.05, 3.63) is 95.1 Å². The van der Waals surface area contributed by atoms with Crippen LogP contribution >= 0.6 is 0 Å². The highest BCUT2D eigenvalue weighted by molar-refractivity contribution is 5.70. The Balaban J connectivity index is 0.000000360. The van der Waals surface area contributed by atoms with Gasteiger partial charge < -0.3 is 58.3 Å². The number of hydrogen-bond acceptors (Lipinski definition) is 12. The second kappa shape index (κ2) is 39.5. The first-order valence-corrected chi connectivity index (χ1v) is 28.0. The number of aliphatic carboxylic acids is 4. The van der Waals surface area contributed by atoms with E-state index >= 15 is 0 Å². The maximum Gasteiger partial charge on any atom is 0.303 e. The van der Waals surface area contributed by atoms with Gasteiger partial charge in [-0.25, -0.2) is 0 Å². The van der Waals surface area contributed by atoms with Gasteiger partial charge in [0, 0.05) is 22.3 Å². The number of carboxylic acids is 4. The first-order valence-electron chi connectivity index (χ1n) is 28.0. The average molecular weight is 1110 g/mol. The van der Waals surface area contributed by atoms with Crippen LogP contribution < -0.4 is 37.9 Å². The Labute approximate surface area is 470 Å². The molecule has 440 valence electrons. The number of rotatable bonds is 34. The monoisotopic (exact) mass is 1100 g/mol. The Kier molecular flexibility index (Phi) is 34.1. The third-order valence-electron chi connectivity index (χ3n) is 13.8. The Bertz CT molecular complexity index is 2380. The predicted octanol–water partition coefficient (Wildman–Crippen LogP) is 15.1. The predicted molar refractivity (Wildman–Crippen MR) is 308 cm³/mol. The Morgan fingerprint density at radius 1 is 0.392 bits per heavy atom. The van der Waals surface area contributed by atoms with Crippen molar-refractivity contribution in [2.75, 3.05) is 49.5 Å². The van der Waals surface area contributed by atoms with Gasteiger partial charge in [-0.2, -0.15) is 0 Å². The molecule has 3 unspecified atom stereocenters. The fourth-order valence-corrected chi connectivity index (χ4v) is 9.84. The van der Waals surface area contributed by atoms with Crippen LogP contribution in [-0.2, 0) is 19.2 Å². The summed E-state index contributed by atoms with van der Waals surface area (Å²) in [4.78, 5) is 44.3. The molecule has 0 aromatic heterocycles. The van der Waals surface area contributed by atoms with Crippen LogP contribution in [0.15, 0.2) is 72.8 Å². The summed E-state index contributed by atoms with van der Waals surface area (Å²) in [7, 11) is 9.53. The van der Waals surface area contributed by atoms with Gasteiger partial charge in [0.25, 0.3) is 0 Å². The van der Waals surface area contributed by atoms with E-state index in [2.05, 4.69) is 27.7 Å². The molecule has 16 nitrogen and oxygen atoms in total. The summed E-state index contributed by atoms with van der Waals surface area (Å²) in [5.74, 6) is 2.12. The normalized spacial score (nSPS) is 12.5. The van der Waals surface area contributed by atoms with Crippen molar-refractivity contribution >= 4 is 23.9 Å². The van der Waals surface area contributed by atoms with Crippen LogP contribution in [0.5, 0.6) is 46.0 Å². The van der Waals surface area contributed by atoms with E-state index in [9.17, 15) is 19.2 Å². The summed E-state index contributed by atoms with van der Waals surface area (Å²) >= 11 is 0. The van der Waals surface area contributed by atoms with E-state index in [4.69, 9.17) is 58.3 Å². The van der Waals surface area contributed by atoms with Gasteiger partial charge in [0.05, 0.1) is 68.3 Å². The molecule has 4 aromatic carbocycles. The number of methoxy groups -OCH3 is 6. The standard InChI is InChI=1S/C17H26O4.C16H24O4.C15H20O4.C15H22O4/c1-4-5-6-7-9-13(12-16(18)19)14-10-8-11-15(20-2)17(14)21-3;1-4-5-6-8-12(11-15(17)18)13-9-7-10-14(19-2)16(13)20-3;1-2-3-4-6-11(9-14(16)17)12-7-5-8-13-15(12)19-10-18-13;1-4-5-7-11(10-14(16)17)12-8-6-9-13(18-2)15(12)19-3/h8,10-11,13H,4-7,9,12H2,1-3H3,(H,18,19);7,9-10,12H,4-6,8,11H2,1-3H3,(H,17,18);5,7-8,11H,2-4,6,9-10H2,1H3,(H,16,17);6,8-9,11H,4-5,7,10H2,1-3H3,(H,16,17)/t;;11-;/m..1./s1. The van der Waals surface area contributed by atoms with E-state index in [1.165, 1.54) is 12.8 Å². The minimum atomic E-state index is -0.786. The zero-order valence-corrected chi connectivity index (χ0v) is 48.8. The van der Waals surface area contributed by atoms with E-state index in [1.54, 1.807) is 42.7 Å². The van der Waals surface area contributed by atoms with E-state index in [0.29, 0.717) is 34.5 Å². The molecule has 79 heavy (non-hydrogen) atoms. The first-order chi connectivity index (χ1) is 38.1. The van der Waals surface area contributed by atoms with Crippen LogP contribution in [-0.4, -0.2) is 93.8 Å². The molecule has 0 fully saturated rings. The number of para-hydroxylation sites is 4. The highest BCUT2D eigenvalue weighted by atomic mass is 16.7. The fraction of sp³-hybridized carbons (Fsp3) is 0.556. The topological polar surface area (TPSA) is 223 Å². The molecule has 0 spiro atoms. The largest absolute Gasteiger partial charge is 0.493 e. The van der Waals surface area contributed by atoms with Gasteiger partial charge >= 0.3 is 23.9 Å². The Morgan fingerprint density at radius 2 is 0.696 bits per heavy atom. The number of hydrogen-bond donors (Lipinski definition) is 4. The SMILES string of the molecule is CCCCC(CC(=O)O)c1cccc(OC)c1OC.CCCCCC(CC(=O)O)c1cccc(OC)c1OC.CCCCCCC(CC(=O)O)c1cccc(OC)c1OC.CCCCC[C@H](CC(=O)O)c1cccc2c1OCO2. The average Bonchev–Trinajstić information content (AvgIpc) is 3.94. The number of ether oxygens (including phenoxy) is 8. The summed E-state index contributed by atoms with van der Waals surface area (Å²) in [6, 6.07) is 22.6. The Hall–Kier alpha value is -6.84. The van der Waals surface area contributed by atoms with Gasteiger partial charge in [-0.3, -0.25) is 19.2 Å². The molecule has 0 saturated carbocycles. The zero-order valence-electron chi connectivity index (χ0n) is 48.8. The molecule has 5 rings (SSSR count). The van der Waals surface area contributed by atoms with Crippen molar-refractivity contribution < 1.29 is 77.5 Å². The molecule has 0 bridgehead atoms. The number of carboxylic acid groups (broad SMARTS) is 4. The minimum absolute atomic E-state index is 0.000648. The molecule has 1 heterocycles. The van der Waals surface area contributed by atoms with Gasteiger partial charge in [-0.1, -0.05) is 153 Å². The van der Waals surface area contributed by atoms with Crippen molar-refractivity contribution in [2.24, 2.45) is 0 Å². The van der Waals surface area contributed by atoms with Gasteiger partial charge in [-0.05, 0) is 73.6 Å². The van der Waals surface area contributed by atoms with Gasteiger partial charge in [0.2, 0.25) is 6.79 Å². The van der Waals surface area contributed by atoms with Crippen LogP contribution in [0.2, 0.25) is 0 Å². The fourth-order valence-electron chi connectivity index (χ4n) is 9.84. The molecule has 4 atom stereocenters. The third-order valence-corrected chi connectivity index (χ3v) is 13.8. The molecule has 1 aliphatic rings. The summed E-state index contributed by atoms with van der Waals surface area (Å²) in [6.45, 7) is 8.77.